The van der Waals surface area contributed by atoms with E-state index in [1.54, 1.807) is 42.7 Å². The molecule has 0 saturated heterocycles. The van der Waals surface area contributed by atoms with Crippen LogP contribution < -0.4 is 5.32 Å². The Bertz CT molecular complexity index is 1010. The minimum absolute atomic E-state index is 0.183. The molecular weight excluding hydrogens is 307 g/mol. The number of hydrogen-bond acceptors (Lipinski definition) is 6. The van der Waals surface area contributed by atoms with Gasteiger partial charge in [-0.3, -0.25) is 9.97 Å². The van der Waals surface area contributed by atoms with Crippen molar-refractivity contribution in [3.8, 4) is 11.3 Å². The Kier molecular flexibility index (Phi) is 3.51. The highest BCUT2D eigenvalue weighted by Crippen LogP contribution is 2.24. The SMILES string of the molecule is Fc1cnc(Nc2cc[c]cn2)nc1-c1ccc2nccnc2c1. The first kappa shape index (κ1) is 14.1. The fourth-order valence-electron chi connectivity index (χ4n) is 2.25. The van der Waals surface area contributed by atoms with Crippen LogP contribution in [0.15, 0.2) is 55.1 Å². The summed E-state index contributed by atoms with van der Waals surface area (Å²) in [6, 6.07) is 11.5. The quantitative estimate of drug-likeness (QED) is 0.625. The highest BCUT2D eigenvalue weighted by Gasteiger charge is 2.11. The molecule has 7 heteroatoms. The van der Waals surface area contributed by atoms with Gasteiger partial charge in [0, 0.05) is 30.2 Å². The van der Waals surface area contributed by atoms with E-state index >= 15 is 0 Å². The molecule has 0 atom stereocenters. The molecule has 4 aromatic rings. The van der Waals surface area contributed by atoms with Crippen molar-refractivity contribution in [3.05, 3.63) is 67.0 Å². The van der Waals surface area contributed by atoms with Crippen LogP contribution in [-0.2, 0) is 0 Å². The van der Waals surface area contributed by atoms with Gasteiger partial charge in [0.15, 0.2) is 5.82 Å². The molecule has 1 N–H and O–H groups in total. The monoisotopic (exact) mass is 317 g/mol. The van der Waals surface area contributed by atoms with Gasteiger partial charge in [0.05, 0.1) is 17.2 Å². The molecule has 115 valence electrons. The fraction of sp³-hybridized carbons (Fsp3) is 0. The first-order valence-electron chi connectivity index (χ1n) is 7.12. The Balaban J connectivity index is 1.74. The Labute approximate surface area is 136 Å². The van der Waals surface area contributed by atoms with Gasteiger partial charge in [-0.2, -0.15) is 0 Å². The van der Waals surface area contributed by atoms with E-state index in [0.29, 0.717) is 16.9 Å². The number of halogens is 1. The van der Waals surface area contributed by atoms with Crippen LogP contribution in [0.25, 0.3) is 22.3 Å². The van der Waals surface area contributed by atoms with Gasteiger partial charge in [0.2, 0.25) is 5.95 Å². The lowest BCUT2D eigenvalue weighted by atomic mass is 10.1. The van der Waals surface area contributed by atoms with Crippen LogP contribution >= 0.6 is 0 Å². The summed E-state index contributed by atoms with van der Waals surface area (Å²) in [6.07, 6.45) is 5.85. The smallest absolute Gasteiger partial charge is 0.229 e. The van der Waals surface area contributed by atoms with Crippen molar-refractivity contribution in [1.82, 2.24) is 24.9 Å². The van der Waals surface area contributed by atoms with Crippen molar-refractivity contribution < 1.29 is 4.39 Å². The van der Waals surface area contributed by atoms with Gasteiger partial charge < -0.3 is 5.32 Å². The summed E-state index contributed by atoms with van der Waals surface area (Å²) >= 11 is 0. The van der Waals surface area contributed by atoms with Crippen LogP contribution in [0, 0.1) is 11.9 Å². The molecular formula is C17H10FN6. The highest BCUT2D eigenvalue weighted by molar-refractivity contribution is 5.80. The second kappa shape index (κ2) is 5.96. The number of nitrogens with one attached hydrogen (secondary N) is 1. The standard InChI is InChI=1S/C17H10FN6/c18-12-10-22-17(23-15-3-1-2-6-21-15)24-16(12)11-4-5-13-14(9-11)20-8-7-19-13/h1,3-10H,(H,21,22,23,24). The third-order valence-corrected chi connectivity index (χ3v) is 3.34. The Morgan fingerprint density at radius 2 is 1.83 bits per heavy atom. The molecule has 3 aromatic heterocycles. The maximum Gasteiger partial charge on any atom is 0.229 e. The molecule has 4 rings (SSSR count). The van der Waals surface area contributed by atoms with Gasteiger partial charge >= 0.3 is 0 Å². The third-order valence-electron chi connectivity index (χ3n) is 3.34. The second-order valence-electron chi connectivity index (χ2n) is 4.92. The first-order valence-corrected chi connectivity index (χ1v) is 7.12. The third kappa shape index (κ3) is 2.74. The maximum absolute atomic E-state index is 14.2. The van der Waals surface area contributed by atoms with Crippen molar-refractivity contribution in [1.29, 1.82) is 0 Å². The van der Waals surface area contributed by atoms with E-state index in [1.807, 2.05) is 0 Å². The van der Waals surface area contributed by atoms with Crippen LogP contribution in [0.5, 0.6) is 0 Å². The van der Waals surface area contributed by atoms with Crippen molar-refractivity contribution in [2.24, 2.45) is 0 Å². The van der Waals surface area contributed by atoms with E-state index in [2.05, 4.69) is 36.3 Å². The lowest BCUT2D eigenvalue weighted by Crippen LogP contribution is -2.01. The number of aromatic nitrogens is 5. The van der Waals surface area contributed by atoms with E-state index in [4.69, 9.17) is 0 Å². The van der Waals surface area contributed by atoms with E-state index in [1.165, 1.54) is 6.20 Å². The Morgan fingerprint density at radius 3 is 2.67 bits per heavy atom. The minimum Gasteiger partial charge on any atom is -0.309 e. The number of nitrogens with zero attached hydrogens (tertiary/aromatic N) is 5. The van der Waals surface area contributed by atoms with Crippen molar-refractivity contribution in [3.63, 3.8) is 0 Å². The van der Waals surface area contributed by atoms with Gasteiger partial charge in [-0.1, -0.05) is 6.07 Å². The van der Waals surface area contributed by atoms with Gasteiger partial charge in [-0.05, 0) is 24.3 Å². The zero-order valence-electron chi connectivity index (χ0n) is 12.3. The van der Waals surface area contributed by atoms with Crippen LogP contribution in [0.2, 0.25) is 0 Å². The zero-order chi connectivity index (χ0) is 16.4. The van der Waals surface area contributed by atoms with Gasteiger partial charge in [0.25, 0.3) is 0 Å². The molecule has 0 saturated carbocycles. The van der Waals surface area contributed by atoms with Gasteiger partial charge in [-0.15, -0.1) is 0 Å². The van der Waals surface area contributed by atoms with Crippen LogP contribution in [0.1, 0.15) is 0 Å². The Hall–Kier alpha value is -3.48. The summed E-state index contributed by atoms with van der Waals surface area (Å²) in [7, 11) is 0. The van der Waals surface area contributed by atoms with E-state index in [-0.39, 0.29) is 11.6 Å². The number of fused-ring (bicyclic) bond motifs is 1. The van der Waals surface area contributed by atoms with E-state index in [9.17, 15) is 4.39 Å². The lowest BCUT2D eigenvalue weighted by Gasteiger charge is -2.07. The predicted molar refractivity (Wildman–Crippen MR) is 86.9 cm³/mol. The highest BCUT2D eigenvalue weighted by atomic mass is 19.1. The zero-order valence-corrected chi connectivity index (χ0v) is 12.3. The molecule has 0 aliphatic rings. The number of hydrogen-bond donors (Lipinski definition) is 1. The molecule has 0 unspecified atom stereocenters. The normalized spacial score (nSPS) is 10.7. The molecule has 1 aromatic carbocycles. The summed E-state index contributed by atoms with van der Waals surface area (Å²) < 4.78 is 14.2. The van der Waals surface area contributed by atoms with E-state index in [0.717, 1.165) is 11.7 Å². The molecule has 0 amide bonds. The summed E-state index contributed by atoms with van der Waals surface area (Å²) in [5, 5.41) is 2.93. The molecule has 0 spiro atoms. The van der Waals surface area contributed by atoms with E-state index < -0.39 is 5.82 Å². The molecule has 24 heavy (non-hydrogen) atoms. The number of pyridine rings is 1. The average molecular weight is 317 g/mol. The topological polar surface area (TPSA) is 76.5 Å². The van der Waals surface area contributed by atoms with Crippen LogP contribution in [0.3, 0.4) is 0 Å². The molecule has 0 fully saturated rings. The van der Waals surface area contributed by atoms with Crippen LogP contribution in [-0.4, -0.2) is 24.9 Å². The summed E-state index contributed by atoms with van der Waals surface area (Å²) in [4.78, 5) is 20.7. The summed E-state index contributed by atoms with van der Waals surface area (Å²) in [5.41, 5.74) is 2.18. The lowest BCUT2D eigenvalue weighted by molar-refractivity contribution is 0.619. The molecule has 6 nitrogen and oxygen atoms in total. The molecule has 1 radical (unpaired) electrons. The fourth-order valence-corrected chi connectivity index (χ4v) is 2.25. The average Bonchev–Trinajstić information content (AvgIpc) is 2.64. The Morgan fingerprint density at radius 1 is 0.958 bits per heavy atom. The molecule has 0 aliphatic heterocycles. The number of rotatable bonds is 3. The number of benzene rings is 1. The predicted octanol–water partition coefficient (Wildman–Crippen LogP) is 3.16. The summed E-state index contributed by atoms with van der Waals surface area (Å²) in [5.74, 6) is 0.290. The molecule has 0 bridgehead atoms. The second-order valence-corrected chi connectivity index (χ2v) is 4.92. The van der Waals surface area contributed by atoms with Gasteiger partial charge in [0.1, 0.15) is 11.5 Å². The minimum atomic E-state index is -0.516. The molecule has 0 aliphatic carbocycles. The van der Waals surface area contributed by atoms with Crippen molar-refractivity contribution in [2.45, 2.75) is 0 Å². The van der Waals surface area contributed by atoms with Gasteiger partial charge in [-0.25, -0.2) is 19.3 Å². The number of anilines is 2. The molecule has 3 heterocycles. The van der Waals surface area contributed by atoms with Crippen LogP contribution in [0.4, 0.5) is 16.2 Å². The maximum atomic E-state index is 14.2. The first-order chi connectivity index (χ1) is 11.8. The van der Waals surface area contributed by atoms with Crippen molar-refractivity contribution >= 4 is 22.8 Å². The summed E-state index contributed by atoms with van der Waals surface area (Å²) in [6.45, 7) is 0. The van der Waals surface area contributed by atoms with Crippen molar-refractivity contribution in [2.75, 3.05) is 5.32 Å². The largest absolute Gasteiger partial charge is 0.309 e.